The van der Waals surface area contributed by atoms with Crippen molar-refractivity contribution in [2.45, 2.75) is 13.8 Å². The zero-order chi connectivity index (χ0) is 15.4. The van der Waals surface area contributed by atoms with Crippen LogP contribution in [0.2, 0.25) is 0 Å². The second kappa shape index (κ2) is 8.39. The van der Waals surface area contributed by atoms with E-state index in [0.717, 1.165) is 27.7 Å². The van der Waals surface area contributed by atoms with Gasteiger partial charge < -0.3 is 9.47 Å². The quantitative estimate of drug-likeness (QED) is 0.629. The van der Waals surface area contributed by atoms with Crippen molar-refractivity contribution in [3.63, 3.8) is 0 Å². The second-order valence-corrected chi connectivity index (χ2v) is 6.03. The van der Waals surface area contributed by atoms with Gasteiger partial charge >= 0.3 is 18.9 Å². The first-order chi connectivity index (χ1) is 10.1. The van der Waals surface area contributed by atoms with Crippen LogP contribution in [0.4, 0.5) is 0 Å². The Labute approximate surface area is 145 Å². The maximum atomic E-state index is 12.6. The van der Waals surface area contributed by atoms with Crippen LogP contribution in [-0.2, 0) is 0 Å². The van der Waals surface area contributed by atoms with Crippen LogP contribution in [0, 0.1) is 13.8 Å². The zero-order valence-electron chi connectivity index (χ0n) is 12.7. The van der Waals surface area contributed by atoms with E-state index in [0.29, 0.717) is 5.75 Å². The summed E-state index contributed by atoms with van der Waals surface area (Å²) in [6.45, 7) is 3.94. The molecule has 22 heavy (non-hydrogen) atoms. The molecule has 0 bridgehead atoms. The van der Waals surface area contributed by atoms with E-state index in [1.165, 1.54) is 0 Å². The standard InChI is InChI=1S/C17H19O3P.Li.H/c1-11-6-5-7-12(2)16(11)17(18)21-15-9-8-13(19-3)10-14(15)20-4;;/h5-10,21H,1-4H3;;. The van der Waals surface area contributed by atoms with E-state index in [1.54, 1.807) is 20.3 Å². The van der Waals surface area contributed by atoms with Gasteiger partial charge in [-0.05, 0) is 45.7 Å². The van der Waals surface area contributed by atoms with Gasteiger partial charge in [0.15, 0.2) is 5.52 Å². The average molecular weight is 310 g/mol. The van der Waals surface area contributed by atoms with Crippen molar-refractivity contribution < 1.29 is 14.3 Å². The van der Waals surface area contributed by atoms with Gasteiger partial charge in [-0.2, -0.15) is 0 Å². The predicted octanol–water partition coefficient (Wildman–Crippen LogP) is 2.82. The van der Waals surface area contributed by atoms with E-state index in [-0.39, 0.29) is 33.0 Å². The van der Waals surface area contributed by atoms with Crippen LogP contribution in [0.25, 0.3) is 0 Å². The molecule has 112 valence electrons. The van der Waals surface area contributed by atoms with E-state index in [2.05, 4.69) is 0 Å². The van der Waals surface area contributed by atoms with Gasteiger partial charge in [0, 0.05) is 16.9 Å². The summed E-state index contributed by atoms with van der Waals surface area (Å²) in [6, 6.07) is 11.5. The topological polar surface area (TPSA) is 35.5 Å². The van der Waals surface area contributed by atoms with Gasteiger partial charge in [-0.1, -0.05) is 18.2 Å². The molecule has 0 aromatic heterocycles. The van der Waals surface area contributed by atoms with Crippen molar-refractivity contribution in [2.24, 2.45) is 0 Å². The molecule has 0 spiro atoms. The van der Waals surface area contributed by atoms with E-state index in [4.69, 9.17) is 9.47 Å². The molecule has 0 aliphatic rings. The molecular formula is C17H20LiO3P. The van der Waals surface area contributed by atoms with Crippen LogP contribution < -0.4 is 14.8 Å². The van der Waals surface area contributed by atoms with Gasteiger partial charge in [-0.15, -0.1) is 0 Å². The Morgan fingerprint density at radius 3 is 2.18 bits per heavy atom. The fourth-order valence-corrected chi connectivity index (χ4v) is 3.49. The summed E-state index contributed by atoms with van der Waals surface area (Å²) in [5.74, 6) is 1.41. The SMILES string of the molecule is COc1ccc(PC(=O)c2c(C)cccc2C)c(OC)c1.[LiH]. The molecule has 1 atom stereocenters. The van der Waals surface area contributed by atoms with Crippen molar-refractivity contribution >= 4 is 38.3 Å². The molecule has 0 aliphatic carbocycles. The zero-order valence-corrected chi connectivity index (χ0v) is 13.7. The predicted molar refractivity (Wildman–Crippen MR) is 94.9 cm³/mol. The maximum absolute atomic E-state index is 12.6. The third-order valence-electron chi connectivity index (χ3n) is 3.37. The number of hydrogen-bond donors (Lipinski definition) is 0. The third kappa shape index (κ3) is 4.14. The number of rotatable bonds is 5. The molecule has 1 unspecified atom stereocenters. The van der Waals surface area contributed by atoms with Crippen LogP contribution >= 0.6 is 8.58 Å². The van der Waals surface area contributed by atoms with E-state index >= 15 is 0 Å². The van der Waals surface area contributed by atoms with Gasteiger partial charge in [0.25, 0.3) is 0 Å². The Balaban J connectivity index is 0.00000242. The minimum absolute atomic E-state index is 0. The molecule has 3 nitrogen and oxygen atoms in total. The molecule has 0 fully saturated rings. The van der Waals surface area contributed by atoms with Gasteiger partial charge in [0.2, 0.25) is 0 Å². The summed E-state index contributed by atoms with van der Waals surface area (Å²) in [5.41, 5.74) is 2.97. The summed E-state index contributed by atoms with van der Waals surface area (Å²) >= 11 is 0. The van der Waals surface area contributed by atoms with Crippen LogP contribution in [0.3, 0.4) is 0 Å². The molecule has 0 saturated heterocycles. The monoisotopic (exact) mass is 310 g/mol. The van der Waals surface area contributed by atoms with Crippen molar-refractivity contribution in [1.29, 1.82) is 0 Å². The number of ether oxygens (including phenoxy) is 2. The number of benzene rings is 2. The Hall–Kier alpha value is -1.26. The van der Waals surface area contributed by atoms with Gasteiger partial charge in [-0.3, -0.25) is 4.79 Å². The molecule has 2 aromatic carbocycles. The van der Waals surface area contributed by atoms with Crippen molar-refractivity contribution in [3.8, 4) is 11.5 Å². The van der Waals surface area contributed by atoms with Crippen molar-refractivity contribution in [1.82, 2.24) is 0 Å². The van der Waals surface area contributed by atoms with Crippen molar-refractivity contribution in [2.75, 3.05) is 14.2 Å². The fraction of sp³-hybridized carbons (Fsp3) is 0.235. The summed E-state index contributed by atoms with van der Waals surface area (Å²) in [4.78, 5) is 12.6. The molecule has 0 radical (unpaired) electrons. The Kier molecular flexibility index (Phi) is 7.17. The molecule has 2 rings (SSSR count). The summed E-state index contributed by atoms with van der Waals surface area (Å²) in [6.07, 6.45) is 0. The third-order valence-corrected chi connectivity index (χ3v) is 4.52. The fourth-order valence-electron chi connectivity index (χ4n) is 2.26. The van der Waals surface area contributed by atoms with Crippen LogP contribution in [-0.4, -0.2) is 38.6 Å². The number of hydrogen-bond acceptors (Lipinski definition) is 3. The van der Waals surface area contributed by atoms with Crippen LogP contribution in [0.1, 0.15) is 21.5 Å². The first kappa shape index (κ1) is 18.8. The number of aryl methyl sites for hydroxylation is 2. The second-order valence-electron chi connectivity index (χ2n) is 4.79. The molecule has 0 amide bonds. The van der Waals surface area contributed by atoms with Crippen LogP contribution in [0.5, 0.6) is 11.5 Å². The molecular weight excluding hydrogens is 290 g/mol. The minimum atomic E-state index is 0. The molecule has 2 aromatic rings. The average Bonchev–Trinajstić information content (AvgIpc) is 2.47. The first-order valence-corrected chi connectivity index (χ1v) is 7.66. The van der Waals surface area contributed by atoms with E-state index < -0.39 is 0 Å². The molecule has 0 N–H and O–H groups in total. The number of methoxy groups -OCH3 is 2. The van der Waals surface area contributed by atoms with E-state index in [1.807, 2.05) is 44.2 Å². The summed E-state index contributed by atoms with van der Waals surface area (Å²) in [7, 11) is 3.25. The Morgan fingerprint density at radius 1 is 1.00 bits per heavy atom. The molecule has 5 heteroatoms. The molecule has 0 aliphatic heterocycles. The summed E-state index contributed by atoms with van der Waals surface area (Å²) < 4.78 is 10.5. The van der Waals surface area contributed by atoms with E-state index in [9.17, 15) is 4.79 Å². The summed E-state index contributed by atoms with van der Waals surface area (Å²) in [5, 5.41) is 0.894. The normalized spacial score (nSPS) is 10.4. The Morgan fingerprint density at radius 2 is 1.64 bits per heavy atom. The van der Waals surface area contributed by atoms with Crippen molar-refractivity contribution in [3.05, 3.63) is 53.1 Å². The van der Waals surface area contributed by atoms with Gasteiger partial charge in [0.1, 0.15) is 11.5 Å². The number of carbonyl (C=O) groups is 1. The van der Waals surface area contributed by atoms with Gasteiger partial charge in [-0.25, -0.2) is 0 Å². The van der Waals surface area contributed by atoms with Crippen LogP contribution in [0.15, 0.2) is 36.4 Å². The number of carbonyl (C=O) groups excluding carboxylic acids is 1. The molecule has 0 heterocycles. The first-order valence-electron chi connectivity index (χ1n) is 6.66. The Bertz CT molecular complexity index is 651. The molecule has 0 saturated carbocycles. The van der Waals surface area contributed by atoms with Gasteiger partial charge in [0.05, 0.1) is 14.2 Å².